The quantitative estimate of drug-likeness (QED) is 0.462. The second kappa shape index (κ2) is 5.41. The smallest absolute Gasteiger partial charge is 0.233 e. The average Bonchev–Trinajstić information content (AvgIpc) is 2.49. The van der Waals surface area contributed by atoms with E-state index in [1.807, 2.05) is 6.92 Å². The van der Waals surface area contributed by atoms with Gasteiger partial charge in [0.05, 0.1) is 6.10 Å². The van der Waals surface area contributed by atoms with E-state index in [0.717, 1.165) is 19.3 Å². The van der Waals surface area contributed by atoms with Crippen LogP contribution in [0.15, 0.2) is 35.1 Å². The van der Waals surface area contributed by atoms with Crippen LogP contribution in [-0.2, 0) is 9.59 Å². The number of Topliss-reactive ketones (excluding diaryl/α,β-unsaturated/α-hetero) is 2. The van der Waals surface area contributed by atoms with Gasteiger partial charge in [0.2, 0.25) is 11.6 Å². The van der Waals surface area contributed by atoms with Gasteiger partial charge in [-0.2, -0.15) is 0 Å². The van der Waals surface area contributed by atoms with Crippen LogP contribution in [0.4, 0.5) is 0 Å². The highest BCUT2D eigenvalue weighted by Gasteiger charge is 2.57. The van der Waals surface area contributed by atoms with E-state index in [-0.39, 0.29) is 34.7 Å². The zero-order valence-electron chi connectivity index (χ0n) is 14.7. The van der Waals surface area contributed by atoms with Crippen molar-refractivity contribution in [2.24, 2.45) is 16.7 Å². The van der Waals surface area contributed by atoms with Crippen LogP contribution in [0.3, 0.4) is 0 Å². The van der Waals surface area contributed by atoms with E-state index in [9.17, 15) is 19.8 Å². The molecule has 0 aromatic heterocycles. The Morgan fingerprint density at radius 2 is 1.88 bits per heavy atom. The summed E-state index contributed by atoms with van der Waals surface area (Å²) in [6, 6.07) is 0. The van der Waals surface area contributed by atoms with Crippen molar-refractivity contribution in [2.75, 3.05) is 0 Å². The normalized spacial score (nSPS) is 35.7. The van der Waals surface area contributed by atoms with Crippen molar-refractivity contribution in [1.29, 1.82) is 0 Å². The Hall–Kier alpha value is -1.68. The number of aliphatic hydroxyl groups excluding tert-OH is 2. The molecule has 2 N–H and O–H groups in total. The van der Waals surface area contributed by atoms with Crippen LogP contribution in [0.5, 0.6) is 0 Å². The van der Waals surface area contributed by atoms with Crippen molar-refractivity contribution in [1.82, 2.24) is 0 Å². The van der Waals surface area contributed by atoms with E-state index in [1.165, 1.54) is 6.08 Å². The molecule has 1 fully saturated rings. The zero-order chi connectivity index (χ0) is 17.9. The highest BCUT2D eigenvalue weighted by molar-refractivity contribution is 6.50. The van der Waals surface area contributed by atoms with E-state index in [2.05, 4.69) is 20.4 Å². The van der Waals surface area contributed by atoms with Gasteiger partial charge >= 0.3 is 0 Å². The zero-order valence-corrected chi connectivity index (χ0v) is 14.7. The lowest BCUT2D eigenvalue weighted by molar-refractivity contribution is -0.135. The van der Waals surface area contributed by atoms with Gasteiger partial charge in [0.15, 0.2) is 0 Å². The summed E-state index contributed by atoms with van der Waals surface area (Å²) in [4.78, 5) is 25.4. The van der Waals surface area contributed by atoms with Gasteiger partial charge < -0.3 is 10.2 Å². The molecule has 0 aromatic rings. The van der Waals surface area contributed by atoms with Gasteiger partial charge in [-0.3, -0.25) is 9.59 Å². The molecular weight excluding hydrogens is 304 g/mol. The lowest BCUT2D eigenvalue weighted by Gasteiger charge is -2.56. The van der Waals surface area contributed by atoms with Crippen LogP contribution in [0.2, 0.25) is 0 Å². The number of carbonyl (C=O) groups is 2. The third-order valence-corrected chi connectivity index (χ3v) is 6.46. The fourth-order valence-electron chi connectivity index (χ4n) is 5.33. The van der Waals surface area contributed by atoms with Crippen molar-refractivity contribution in [3.8, 4) is 0 Å². The largest absolute Gasteiger partial charge is 0.507 e. The third kappa shape index (κ3) is 2.16. The number of hydrogen-bond acceptors (Lipinski definition) is 4. The Bertz CT molecular complexity index is 694. The molecule has 0 amide bonds. The van der Waals surface area contributed by atoms with E-state index < -0.39 is 23.1 Å². The maximum atomic E-state index is 12.9. The summed E-state index contributed by atoms with van der Waals surface area (Å²) in [6.07, 6.45) is 4.03. The van der Waals surface area contributed by atoms with Gasteiger partial charge in [-0.1, -0.05) is 33.3 Å². The summed E-state index contributed by atoms with van der Waals surface area (Å²) in [7, 11) is 0. The number of hydrogen-bond donors (Lipinski definition) is 2. The molecule has 0 radical (unpaired) electrons. The average molecular weight is 330 g/mol. The Kier molecular flexibility index (Phi) is 3.87. The molecule has 3 aliphatic rings. The molecule has 1 saturated carbocycles. The minimum atomic E-state index is -0.910. The van der Waals surface area contributed by atoms with E-state index in [0.29, 0.717) is 12.0 Å². The first kappa shape index (κ1) is 17.2. The first-order valence-corrected chi connectivity index (χ1v) is 8.70. The monoisotopic (exact) mass is 330 g/mol. The van der Waals surface area contributed by atoms with Gasteiger partial charge in [-0.05, 0) is 37.0 Å². The second-order valence-electron chi connectivity index (χ2n) is 8.33. The Balaban J connectivity index is 2.25. The Labute approximate surface area is 142 Å². The molecule has 0 bridgehead atoms. The highest BCUT2D eigenvalue weighted by atomic mass is 16.3. The van der Waals surface area contributed by atoms with Gasteiger partial charge in [0.25, 0.3) is 0 Å². The predicted octanol–water partition coefficient (Wildman–Crippen LogP) is 3.42. The molecule has 0 heterocycles. The molecule has 0 saturated heterocycles. The number of carbonyl (C=O) groups excluding carboxylic acids is 2. The minimum Gasteiger partial charge on any atom is -0.507 e. The molecule has 0 aromatic carbocycles. The van der Waals surface area contributed by atoms with Crippen molar-refractivity contribution in [2.45, 2.75) is 59.0 Å². The molecule has 3 atom stereocenters. The van der Waals surface area contributed by atoms with Crippen LogP contribution in [0.1, 0.15) is 52.9 Å². The fourth-order valence-corrected chi connectivity index (χ4v) is 5.33. The number of rotatable bonds is 2. The molecule has 3 rings (SSSR count). The highest BCUT2D eigenvalue weighted by Crippen LogP contribution is 2.61. The summed E-state index contributed by atoms with van der Waals surface area (Å²) in [5, 5.41) is 21.3. The standard InChI is InChI=1S/C20H26O4/c1-5-7-11-16(22)14-12(21)10-13-19(2,3)8-6-9-20(13,4)15(14)18(24)17(11)23/h5,12-13,21-22H,1,6-10H2,2-4H3. The second-order valence-corrected chi connectivity index (χ2v) is 8.33. The van der Waals surface area contributed by atoms with E-state index >= 15 is 0 Å². The lowest BCUT2D eigenvalue weighted by atomic mass is 9.48. The number of ketones is 2. The van der Waals surface area contributed by atoms with Gasteiger partial charge in [-0.25, -0.2) is 0 Å². The van der Waals surface area contributed by atoms with Crippen LogP contribution >= 0.6 is 0 Å². The maximum Gasteiger partial charge on any atom is 0.233 e. The number of fused-ring (bicyclic) bond motifs is 2. The van der Waals surface area contributed by atoms with Crippen molar-refractivity contribution in [3.63, 3.8) is 0 Å². The topological polar surface area (TPSA) is 74.6 Å². The molecule has 3 aliphatic carbocycles. The molecule has 3 unspecified atom stereocenters. The van der Waals surface area contributed by atoms with Gasteiger partial charge in [0, 0.05) is 22.1 Å². The van der Waals surface area contributed by atoms with Crippen LogP contribution in [0, 0.1) is 16.7 Å². The summed E-state index contributed by atoms with van der Waals surface area (Å²) < 4.78 is 0. The van der Waals surface area contributed by atoms with Gasteiger partial charge in [-0.15, -0.1) is 6.58 Å². The third-order valence-electron chi connectivity index (χ3n) is 6.46. The molecule has 4 heteroatoms. The summed E-state index contributed by atoms with van der Waals surface area (Å²) in [5.41, 5.74) is 0.208. The minimum absolute atomic E-state index is 0.0173. The van der Waals surface area contributed by atoms with Gasteiger partial charge in [0.1, 0.15) is 5.76 Å². The Morgan fingerprint density at radius 1 is 1.21 bits per heavy atom. The van der Waals surface area contributed by atoms with E-state index in [1.54, 1.807) is 0 Å². The molecule has 24 heavy (non-hydrogen) atoms. The molecule has 130 valence electrons. The summed E-state index contributed by atoms with van der Waals surface area (Å²) in [6.45, 7) is 9.94. The SMILES string of the molecule is C=CCC1=C(O)C2=C(C(=O)C1=O)C1(C)CCCC(C)(C)C1CC2O. The molecular formula is C20H26O4. The van der Waals surface area contributed by atoms with Crippen LogP contribution in [-0.4, -0.2) is 27.9 Å². The number of allylic oxidation sites excluding steroid dienone is 3. The number of aliphatic hydroxyl groups is 2. The summed E-state index contributed by atoms with van der Waals surface area (Å²) in [5.74, 6) is -1.30. The fraction of sp³-hybridized carbons (Fsp3) is 0.600. The first-order chi connectivity index (χ1) is 11.1. The van der Waals surface area contributed by atoms with Crippen molar-refractivity contribution in [3.05, 3.63) is 35.1 Å². The molecule has 0 aliphatic heterocycles. The van der Waals surface area contributed by atoms with Crippen molar-refractivity contribution >= 4 is 11.6 Å². The molecule has 0 spiro atoms. The predicted molar refractivity (Wildman–Crippen MR) is 91.4 cm³/mol. The maximum absolute atomic E-state index is 12.9. The Morgan fingerprint density at radius 3 is 2.50 bits per heavy atom. The van der Waals surface area contributed by atoms with Crippen molar-refractivity contribution < 1.29 is 19.8 Å². The first-order valence-electron chi connectivity index (χ1n) is 8.70. The lowest BCUT2D eigenvalue weighted by Crippen LogP contribution is -2.52. The summed E-state index contributed by atoms with van der Waals surface area (Å²) >= 11 is 0. The van der Waals surface area contributed by atoms with Crippen LogP contribution in [0.25, 0.3) is 0 Å². The van der Waals surface area contributed by atoms with E-state index in [4.69, 9.17) is 0 Å². The van der Waals surface area contributed by atoms with Crippen LogP contribution < -0.4 is 0 Å². The molecule has 4 nitrogen and oxygen atoms in total.